The Kier molecular flexibility index (Phi) is 6.88. The molecule has 0 aliphatic carbocycles. The molecule has 1 aliphatic heterocycles. The van der Waals surface area contributed by atoms with Gasteiger partial charge in [0, 0.05) is 53.1 Å². The van der Waals surface area contributed by atoms with Crippen LogP contribution in [0.15, 0.2) is 54.7 Å². The average Bonchev–Trinajstić information content (AvgIpc) is 3.70. The summed E-state index contributed by atoms with van der Waals surface area (Å²) >= 11 is 1.39. The monoisotopic (exact) mass is 576 g/mol. The van der Waals surface area contributed by atoms with Gasteiger partial charge >= 0.3 is 0 Å². The smallest absolute Gasteiger partial charge is 0.246 e. The molecular weight excluding hydrogens is 550 g/mol. The molecule has 0 saturated heterocycles. The zero-order chi connectivity index (χ0) is 28.8. The molecule has 4 aromatic heterocycles. The summed E-state index contributed by atoms with van der Waals surface area (Å²) in [5, 5.41) is 21.2. The van der Waals surface area contributed by atoms with Gasteiger partial charge in [0.05, 0.1) is 42.3 Å². The summed E-state index contributed by atoms with van der Waals surface area (Å²) in [6.07, 6.45) is 4.84. The van der Waals surface area contributed by atoms with Crippen molar-refractivity contribution in [2.24, 2.45) is 7.05 Å². The number of halogens is 2. The number of aliphatic hydroxyl groups excluding tert-OH is 1. The molecule has 5 heterocycles. The van der Waals surface area contributed by atoms with Crippen LogP contribution in [0.25, 0.3) is 43.9 Å². The number of amides is 1. The van der Waals surface area contributed by atoms with Crippen LogP contribution >= 0.6 is 11.3 Å². The molecule has 0 bridgehead atoms. The number of carbonyl (C=O) groups excluding carboxylic acids is 1. The topological polar surface area (TPSA) is 98.3 Å². The van der Waals surface area contributed by atoms with Crippen molar-refractivity contribution in [3.05, 3.63) is 72.0 Å². The lowest BCUT2D eigenvalue weighted by Crippen LogP contribution is -2.39. The Morgan fingerprint density at radius 2 is 2.10 bits per heavy atom. The van der Waals surface area contributed by atoms with Gasteiger partial charge in [-0.25, -0.2) is 13.8 Å². The molecule has 0 unspecified atom stereocenters. The first-order valence-corrected chi connectivity index (χ1v) is 13.8. The minimum absolute atomic E-state index is 0.0232. The van der Waals surface area contributed by atoms with Crippen molar-refractivity contribution in [2.75, 3.05) is 19.8 Å². The highest BCUT2D eigenvalue weighted by Crippen LogP contribution is 2.47. The first-order valence-electron chi connectivity index (χ1n) is 12.9. The van der Waals surface area contributed by atoms with Gasteiger partial charge in [0.15, 0.2) is 0 Å². The summed E-state index contributed by atoms with van der Waals surface area (Å²) in [6.45, 7) is 5.86. The molecule has 12 heteroatoms. The second-order valence-corrected chi connectivity index (χ2v) is 10.7. The molecular formula is C29H26F2N6O3S. The van der Waals surface area contributed by atoms with Crippen LogP contribution in [0.4, 0.5) is 8.78 Å². The minimum Gasteiger partial charge on any atom is -0.490 e. The highest BCUT2D eigenvalue weighted by Gasteiger charge is 2.30. The number of benzene rings is 1. The summed E-state index contributed by atoms with van der Waals surface area (Å²) < 4.78 is 40.0. The van der Waals surface area contributed by atoms with Crippen LogP contribution in [0, 0.1) is 11.6 Å². The van der Waals surface area contributed by atoms with Crippen LogP contribution in [-0.2, 0) is 18.4 Å². The Morgan fingerprint density at radius 1 is 1.27 bits per heavy atom. The van der Waals surface area contributed by atoms with E-state index in [0.29, 0.717) is 40.4 Å². The predicted octanol–water partition coefficient (Wildman–Crippen LogP) is 4.97. The van der Waals surface area contributed by atoms with E-state index < -0.39 is 11.6 Å². The largest absolute Gasteiger partial charge is 0.490 e. The van der Waals surface area contributed by atoms with Crippen molar-refractivity contribution in [2.45, 2.75) is 19.5 Å². The molecule has 1 aromatic carbocycles. The fraction of sp³-hybridized carbons (Fsp3) is 0.241. The van der Waals surface area contributed by atoms with Gasteiger partial charge in [0.25, 0.3) is 0 Å². The number of nitrogens with zero attached hydrogens (tertiary/aromatic N) is 6. The van der Waals surface area contributed by atoms with Crippen molar-refractivity contribution in [1.29, 1.82) is 0 Å². The summed E-state index contributed by atoms with van der Waals surface area (Å²) in [4.78, 5) is 19.1. The molecule has 1 N–H and O–H groups in total. The number of aromatic nitrogens is 5. The van der Waals surface area contributed by atoms with Crippen LogP contribution in [0.3, 0.4) is 0 Å². The third kappa shape index (κ3) is 4.68. The Labute approximate surface area is 237 Å². The molecule has 1 amide bonds. The van der Waals surface area contributed by atoms with Crippen LogP contribution in [-0.4, -0.2) is 60.2 Å². The molecule has 9 nitrogen and oxygen atoms in total. The summed E-state index contributed by atoms with van der Waals surface area (Å²) in [6, 6.07) is 5.52. The molecule has 0 radical (unpaired) electrons. The number of aliphatic hydroxyl groups is 1. The quantitative estimate of drug-likeness (QED) is 0.275. The van der Waals surface area contributed by atoms with Crippen molar-refractivity contribution in [3.8, 4) is 39.5 Å². The third-order valence-corrected chi connectivity index (χ3v) is 7.93. The molecule has 210 valence electrons. The fourth-order valence-corrected chi connectivity index (χ4v) is 6.22. The Bertz CT molecular complexity index is 1810. The average molecular weight is 577 g/mol. The molecule has 1 atom stereocenters. The van der Waals surface area contributed by atoms with E-state index in [-0.39, 0.29) is 36.5 Å². The maximum absolute atomic E-state index is 15.8. The third-order valence-electron chi connectivity index (χ3n) is 7.00. The van der Waals surface area contributed by atoms with E-state index in [9.17, 15) is 14.3 Å². The first kappa shape index (κ1) is 26.8. The number of pyridine rings is 1. The van der Waals surface area contributed by atoms with E-state index >= 15 is 4.39 Å². The van der Waals surface area contributed by atoms with E-state index in [1.54, 1.807) is 15.8 Å². The summed E-state index contributed by atoms with van der Waals surface area (Å²) in [5.74, 6) is -1.86. The van der Waals surface area contributed by atoms with Crippen molar-refractivity contribution in [1.82, 2.24) is 29.4 Å². The molecule has 1 aliphatic rings. The van der Waals surface area contributed by atoms with E-state index in [1.165, 1.54) is 17.4 Å². The van der Waals surface area contributed by atoms with Crippen LogP contribution in [0.2, 0.25) is 0 Å². The number of hydrogen-bond donors (Lipinski definition) is 1. The number of aryl methyl sites for hydroxylation is 1. The predicted molar refractivity (Wildman–Crippen MR) is 151 cm³/mol. The second-order valence-electron chi connectivity index (χ2n) is 9.82. The van der Waals surface area contributed by atoms with Crippen molar-refractivity contribution < 1.29 is 23.4 Å². The van der Waals surface area contributed by atoms with Gasteiger partial charge < -0.3 is 14.7 Å². The first-order chi connectivity index (χ1) is 19.8. The Balaban J connectivity index is 1.64. The van der Waals surface area contributed by atoms with E-state index in [2.05, 4.69) is 11.7 Å². The van der Waals surface area contributed by atoms with Crippen LogP contribution in [0.5, 0.6) is 5.75 Å². The molecule has 0 fully saturated rings. The SMILES string of the molecule is C=CC(=O)N1Cc2cc(-c3nc(-c4cnn(C)c4)c4ccsc4c3-c3c(F)cc(F)cc3OCCO)nn2[C@@H](C)C1. The van der Waals surface area contributed by atoms with E-state index in [4.69, 9.17) is 14.8 Å². The maximum atomic E-state index is 15.8. The number of carbonyl (C=O) groups is 1. The Morgan fingerprint density at radius 3 is 2.83 bits per heavy atom. The summed E-state index contributed by atoms with van der Waals surface area (Å²) in [7, 11) is 1.81. The number of ether oxygens (including phenoxy) is 1. The van der Waals surface area contributed by atoms with E-state index in [1.807, 2.05) is 42.4 Å². The number of rotatable bonds is 7. The van der Waals surface area contributed by atoms with Crippen LogP contribution < -0.4 is 4.74 Å². The van der Waals surface area contributed by atoms with Crippen LogP contribution in [0.1, 0.15) is 18.7 Å². The van der Waals surface area contributed by atoms with Gasteiger partial charge in [-0.2, -0.15) is 10.2 Å². The molecule has 41 heavy (non-hydrogen) atoms. The minimum atomic E-state index is -0.829. The number of fused-ring (bicyclic) bond motifs is 2. The molecule has 0 saturated carbocycles. The number of thiophene rings is 1. The van der Waals surface area contributed by atoms with Gasteiger partial charge in [-0.1, -0.05) is 6.58 Å². The highest BCUT2D eigenvalue weighted by molar-refractivity contribution is 7.18. The van der Waals surface area contributed by atoms with Gasteiger partial charge in [-0.15, -0.1) is 11.3 Å². The van der Waals surface area contributed by atoms with Gasteiger partial charge in [-0.3, -0.25) is 14.2 Å². The molecule has 0 spiro atoms. The van der Waals surface area contributed by atoms with E-state index in [0.717, 1.165) is 28.8 Å². The lowest BCUT2D eigenvalue weighted by molar-refractivity contribution is -0.127. The van der Waals surface area contributed by atoms with Gasteiger partial charge in [0.1, 0.15) is 35.4 Å². The summed E-state index contributed by atoms with van der Waals surface area (Å²) in [5.41, 5.74) is 3.44. The number of hydrogen-bond acceptors (Lipinski definition) is 7. The fourth-order valence-electron chi connectivity index (χ4n) is 5.27. The highest BCUT2D eigenvalue weighted by atomic mass is 32.1. The van der Waals surface area contributed by atoms with Crippen molar-refractivity contribution >= 4 is 27.3 Å². The van der Waals surface area contributed by atoms with Crippen molar-refractivity contribution in [3.63, 3.8) is 0 Å². The maximum Gasteiger partial charge on any atom is 0.246 e. The molecule has 5 aromatic rings. The molecule has 6 rings (SSSR count). The van der Waals surface area contributed by atoms with Gasteiger partial charge in [-0.05, 0) is 30.5 Å². The second kappa shape index (κ2) is 10.5. The Hall–Kier alpha value is -4.42. The normalized spacial score (nSPS) is 14.9. The van der Waals surface area contributed by atoms with Gasteiger partial charge in [0.2, 0.25) is 5.91 Å². The lowest BCUT2D eigenvalue weighted by atomic mass is 9.97. The lowest BCUT2D eigenvalue weighted by Gasteiger charge is -2.31. The standard InChI is InChI=1S/C29H26F2N6O3S/c1-4-24(39)36-13-16(2)37-19(15-36)11-22(34-37)28-26(25-21(31)9-18(30)10-23(25)40-7-6-38)29-20(5-8-41-29)27(33-28)17-12-32-35(3)14-17/h4-5,8-12,14,16,38H,1,6-7,13,15H2,2-3H3/t16-/m0/s1. The zero-order valence-electron chi connectivity index (χ0n) is 22.3. The zero-order valence-corrected chi connectivity index (χ0v) is 23.2.